The Hall–Kier alpha value is -1.11. The minimum absolute atomic E-state index is 0. The highest BCUT2D eigenvalue weighted by Gasteiger charge is 2.33. The van der Waals surface area contributed by atoms with Crippen molar-refractivity contribution in [1.29, 1.82) is 0 Å². The maximum Gasteiger partial charge on any atom is 0.331 e. The predicted octanol–water partition coefficient (Wildman–Crippen LogP) is 0.544. The van der Waals surface area contributed by atoms with Crippen molar-refractivity contribution in [2.24, 2.45) is 0 Å². The SMILES string of the molecule is COC(=O)/C=C/C(=O)OCCN1CC2CCC(C1)O2.Cl. The van der Waals surface area contributed by atoms with Gasteiger partial charge in [-0.05, 0) is 12.8 Å². The minimum atomic E-state index is -0.568. The molecule has 2 atom stereocenters. The van der Waals surface area contributed by atoms with E-state index in [1.54, 1.807) is 0 Å². The number of likely N-dealkylation sites (tertiary alicyclic amines) is 1. The van der Waals surface area contributed by atoms with Gasteiger partial charge >= 0.3 is 11.9 Å². The molecule has 7 heteroatoms. The van der Waals surface area contributed by atoms with E-state index in [-0.39, 0.29) is 12.4 Å². The van der Waals surface area contributed by atoms with Crippen LogP contribution in [0.15, 0.2) is 12.2 Å². The molecule has 2 aliphatic rings. The molecule has 2 saturated heterocycles. The van der Waals surface area contributed by atoms with Gasteiger partial charge in [0.15, 0.2) is 0 Å². The van der Waals surface area contributed by atoms with Crippen LogP contribution >= 0.6 is 12.4 Å². The molecule has 2 fully saturated rings. The van der Waals surface area contributed by atoms with Crippen LogP contribution in [0, 0.1) is 0 Å². The van der Waals surface area contributed by atoms with Crippen molar-refractivity contribution in [2.45, 2.75) is 25.0 Å². The Morgan fingerprint density at radius 2 is 1.80 bits per heavy atom. The summed E-state index contributed by atoms with van der Waals surface area (Å²) in [5.74, 6) is -1.09. The highest BCUT2D eigenvalue weighted by molar-refractivity contribution is 5.91. The molecule has 0 N–H and O–H groups in total. The van der Waals surface area contributed by atoms with Gasteiger partial charge in [0.1, 0.15) is 6.61 Å². The van der Waals surface area contributed by atoms with Crippen LogP contribution in [-0.2, 0) is 23.8 Å². The molecular weight excluding hydrogens is 286 g/mol. The zero-order chi connectivity index (χ0) is 13.7. The molecule has 2 bridgehead atoms. The number of esters is 2. The maximum absolute atomic E-state index is 11.3. The van der Waals surface area contributed by atoms with Crippen LogP contribution in [0.1, 0.15) is 12.8 Å². The second-order valence-electron chi connectivity index (χ2n) is 4.74. The third-order valence-corrected chi connectivity index (χ3v) is 3.33. The van der Waals surface area contributed by atoms with E-state index < -0.39 is 11.9 Å². The first kappa shape index (κ1) is 16.9. The fourth-order valence-electron chi connectivity index (χ4n) is 2.41. The maximum atomic E-state index is 11.3. The van der Waals surface area contributed by atoms with E-state index in [1.165, 1.54) is 7.11 Å². The molecule has 2 heterocycles. The zero-order valence-electron chi connectivity index (χ0n) is 11.4. The Morgan fingerprint density at radius 1 is 1.20 bits per heavy atom. The normalized spacial score (nSPS) is 25.2. The fraction of sp³-hybridized carbons (Fsp3) is 0.692. The number of hydrogen-bond donors (Lipinski definition) is 0. The summed E-state index contributed by atoms with van der Waals surface area (Å²) in [6.45, 7) is 2.84. The lowest BCUT2D eigenvalue weighted by atomic mass is 10.2. The first-order chi connectivity index (χ1) is 9.17. The molecule has 0 aromatic heterocycles. The van der Waals surface area contributed by atoms with E-state index >= 15 is 0 Å². The molecule has 6 nitrogen and oxygen atoms in total. The largest absolute Gasteiger partial charge is 0.466 e. The van der Waals surface area contributed by atoms with Gasteiger partial charge in [0.2, 0.25) is 0 Å². The van der Waals surface area contributed by atoms with E-state index in [2.05, 4.69) is 9.64 Å². The van der Waals surface area contributed by atoms with Gasteiger partial charge in [0, 0.05) is 31.8 Å². The molecule has 0 saturated carbocycles. The zero-order valence-corrected chi connectivity index (χ0v) is 12.3. The Morgan fingerprint density at radius 3 is 2.40 bits per heavy atom. The Kier molecular flexibility index (Phi) is 6.98. The molecule has 2 aliphatic heterocycles. The summed E-state index contributed by atoms with van der Waals surface area (Å²) in [6, 6.07) is 0. The monoisotopic (exact) mass is 305 g/mol. The number of fused-ring (bicyclic) bond motifs is 2. The first-order valence-corrected chi connectivity index (χ1v) is 6.48. The van der Waals surface area contributed by atoms with E-state index in [4.69, 9.17) is 9.47 Å². The smallest absolute Gasteiger partial charge is 0.331 e. The molecule has 20 heavy (non-hydrogen) atoms. The lowest BCUT2D eigenvalue weighted by Crippen LogP contribution is -2.44. The number of ether oxygens (including phenoxy) is 3. The number of carbonyl (C=O) groups is 2. The standard InChI is InChI=1S/C13H19NO5.ClH/c1-17-12(15)4-5-13(16)18-7-6-14-8-10-2-3-11(9-14)19-10;/h4-5,10-11H,2-3,6-9H2,1H3;1H/b5-4+;. The summed E-state index contributed by atoms with van der Waals surface area (Å²) in [6.07, 6.45) is 5.07. The molecular formula is C13H20ClNO5. The Labute approximate surface area is 124 Å². The van der Waals surface area contributed by atoms with Crippen LogP contribution < -0.4 is 0 Å². The van der Waals surface area contributed by atoms with Gasteiger partial charge in [-0.1, -0.05) is 0 Å². The molecule has 0 spiro atoms. The summed E-state index contributed by atoms with van der Waals surface area (Å²) < 4.78 is 15.1. The quantitative estimate of drug-likeness (QED) is 0.546. The van der Waals surface area contributed by atoms with Gasteiger partial charge in [-0.15, -0.1) is 12.4 Å². The van der Waals surface area contributed by atoms with Crippen molar-refractivity contribution >= 4 is 24.3 Å². The molecule has 0 aromatic rings. The number of methoxy groups -OCH3 is 1. The van der Waals surface area contributed by atoms with Crippen molar-refractivity contribution in [3.8, 4) is 0 Å². The third kappa shape index (κ3) is 5.11. The predicted molar refractivity (Wildman–Crippen MR) is 73.7 cm³/mol. The molecule has 114 valence electrons. The van der Waals surface area contributed by atoms with Gasteiger partial charge < -0.3 is 14.2 Å². The molecule has 0 radical (unpaired) electrons. The van der Waals surface area contributed by atoms with Gasteiger partial charge in [-0.3, -0.25) is 4.90 Å². The summed E-state index contributed by atoms with van der Waals surface area (Å²) in [7, 11) is 1.25. The fourth-order valence-corrected chi connectivity index (χ4v) is 2.41. The van der Waals surface area contributed by atoms with Crippen LogP contribution in [0.3, 0.4) is 0 Å². The first-order valence-electron chi connectivity index (χ1n) is 6.48. The van der Waals surface area contributed by atoms with E-state index in [9.17, 15) is 9.59 Å². The average molecular weight is 306 g/mol. The van der Waals surface area contributed by atoms with Crippen molar-refractivity contribution in [3.63, 3.8) is 0 Å². The summed E-state index contributed by atoms with van der Waals surface area (Å²) in [5.41, 5.74) is 0. The van der Waals surface area contributed by atoms with Crippen LogP contribution in [0.5, 0.6) is 0 Å². The van der Waals surface area contributed by atoms with Crippen LogP contribution in [0.2, 0.25) is 0 Å². The number of hydrogen-bond acceptors (Lipinski definition) is 6. The van der Waals surface area contributed by atoms with Crippen molar-refractivity contribution in [3.05, 3.63) is 12.2 Å². The van der Waals surface area contributed by atoms with Crippen LogP contribution in [0.25, 0.3) is 0 Å². The Balaban J connectivity index is 0.00000200. The highest BCUT2D eigenvalue weighted by Crippen LogP contribution is 2.25. The minimum Gasteiger partial charge on any atom is -0.466 e. The highest BCUT2D eigenvalue weighted by atomic mass is 35.5. The van der Waals surface area contributed by atoms with Gasteiger partial charge in [-0.25, -0.2) is 9.59 Å². The van der Waals surface area contributed by atoms with E-state index in [0.717, 1.165) is 38.1 Å². The number of halogens is 1. The third-order valence-electron chi connectivity index (χ3n) is 3.33. The molecule has 0 aromatic carbocycles. The van der Waals surface area contributed by atoms with Crippen molar-refractivity contribution in [1.82, 2.24) is 4.90 Å². The number of morpholine rings is 1. The molecule has 0 aliphatic carbocycles. The van der Waals surface area contributed by atoms with E-state index in [0.29, 0.717) is 25.4 Å². The lowest BCUT2D eigenvalue weighted by Gasteiger charge is -2.31. The molecule has 2 rings (SSSR count). The summed E-state index contributed by atoms with van der Waals surface area (Å²) in [5, 5.41) is 0. The second kappa shape index (κ2) is 8.24. The number of rotatable bonds is 5. The average Bonchev–Trinajstić information content (AvgIpc) is 2.75. The van der Waals surface area contributed by atoms with Crippen LogP contribution in [0.4, 0.5) is 0 Å². The Bertz CT molecular complexity index is 362. The van der Waals surface area contributed by atoms with Crippen molar-refractivity contribution in [2.75, 3.05) is 33.4 Å². The van der Waals surface area contributed by atoms with Gasteiger partial charge in [0.25, 0.3) is 0 Å². The number of nitrogens with zero attached hydrogens (tertiary/aromatic N) is 1. The lowest BCUT2D eigenvalue weighted by molar-refractivity contribution is -0.140. The topological polar surface area (TPSA) is 65.1 Å². The molecule has 0 amide bonds. The van der Waals surface area contributed by atoms with Gasteiger partial charge in [-0.2, -0.15) is 0 Å². The molecule has 2 unspecified atom stereocenters. The summed E-state index contributed by atoms with van der Waals surface area (Å²) >= 11 is 0. The van der Waals surface area contributed by atoms with E-state index in [1.807, 2.05) is 0 Å². The van der Waals surface area contributed by atoms with Crippen LogP contribution in [-0.4, -0.2) is 62.4 Å². The number of carbonyl (C=O) groups excluding carboxylic acids is 2. The summed E-state index contributed by atoms with van der Waals surface area (Å²) in [4.78, 5) is 24.3. The second-order valence-corrected chi connectivity index (χ2v) is 4.74. The van der Waals surface area contributed by atoms with Crippen molar-refractivity contribution < 1.29 is 23.8 Å². The van der Waals surface area contributed by atoms with Gasteiger partial charge in [0.05, 0.1) is 19.3 Å².